The van der Waals surface area contributed by atoms with Crippen molar-refractivity contribution >= 4 is 51.7 Å². The minimum atomic E-state index is -2.78. The van der Waals surface area contributed by atoms with Crippen LogP contribution < -0.4 is 21.0 Å². The second-order valence-corrected chi connectivity index (χ2v) is 22.6. The number of aromatic nitrogens is 1. The predicted molar refractivity (Wildman–Crippen MR) is 242 cm³/mol. The molecule has 56 heavy (non-hydrogen) atoms. The molecular weight excluding hydrogens is 793 g/mol. The zero-order chi connectivity index (χ0) is 39.7. The van der Waals surface area contributed by atoms with Gasteiger partial charge in [-0.1, -0.05) is 160 Å². The maximum Gasteiger partial charge on any atom is 0.261 e. The number of fused-ring (bicyclic) bond motifs is 1. The van der Waals surface area contributed by atoms with Gasteiger partial charge in [-0.2, -0.15) is 0 Å². The zero-order valence-corrected chi connectivity index (χ0v) is 37.0. The Bertz CT molecular complexity index is 1990. The highest BCUT2D eigenvalue weighted by atomic mass is 79.9. The lowest BCUT2D eigenvalue weighted by atomic mass is 9.95. The van der Waals surface area contributed by atoms with Gasteiger partial charge in [-0.3, -0.25) is 0 Å². The molecule has 1 aliphatic heterocycles. The van der Waals surface area contributed by atoms with Crippen LogP contribution in [0, 0.1) is 0 Å². The summed E-state index contributed by atoms with van der Waals surface area (Å²) in [6.45, 7) is 18.4. The first kappa shape index (κ1) is 42.1. The Balaban J connectivity index is 1.34. The van der Waals surface area contributed by atoms with Gasteiger partial charge in [0.1, 0.15) is 5.75 Å². The van der Waals surface area contributed by atoms with Crippen LogP contribution in [0.5, 0.6) is 0 Å². The molecule has 6 nitrogen and oxygen atoms in total. The quantitative estimate of drug-likeness (QED) is 0.0677. The third-order valence-electron chi connectivity index (χ3n) is 10.7. The number of rotatable bonds is 18. The molecular formula is C47H57BrN4O2SSi. The van der Waals surface area contributed by atoms with Crippen LogP contribution in [0.1, 0.15) is 82.3 Å². The molecule has 0 spiro atoms. The van der Waals surface area contributed by atoms with Crippen LogP contribution in [0.4, 0.5) is 0 Å². The molecule has 0 saturated heterocycles. The highest BCUT2D eigenvalue weighted by molar-refractivity contribution is 9.10. The molecule has 4 aromatic carbocycles. The third-order valence-corrected chi connectivity index (χ3v) is 17.7. The summed E-state index contributed by atoms with van der Waals surface area (Å²) < 4.78 is 24.9. The predicted octanol–water partition coefficient (Wildman–Crippen LogP) is 9.54. The summed E-state index contributed by atoms with van der Waals surface area (Å²) in [4.78, 5) is 5.37. The van der Waals surface area contributed by atoms with E-state index >= 15 is 0 Å². The van der Waals surface area contributed by atoms with Crippen molar-refractivity contribution in [3.05, 3.63) is 155 Å². The maximum absolute atomic E-state index is 14.3. The van der Waals surface area contributed by atoms with E-state index in [2.05, 4.69) is 181 Å². The van der Waals surface area contributed by atoms with Gasteiger partial charge in [0.15, 0.2) is 0 Å². The van der Waals surface area contributed by atoms with Crippen LogP contribution in [-0.2, 0) is 28.9 Å². The van der Waals surface area contributed by atoms with Gasteiger partial charge in [-0.25, -0.2) is 4.98 Å². The second kappa shape index (κ2) is 19.3. The van der Waals surface area contributed by atoms with E-state index < -0.39 is 19.7 Å². The molecule has 6 rings (SSSR count). The Labute approximate surface area is 347 Å². The maximum atomic E-state index is 14.3. The molecule has 0 saturated carbocycles. The van der Waals surface area contributed by atoms with Crippen molar-refractivity contribution in [2.45, 2.75) is 84.1 Å². The molecule has 0 amide bonds. The Hall–Kier alpha value is -3.54. The molecule has 294 valence electrons. The van der Waals surface area contributed by atoms with E-state index in [9.17, 15) is 4.55 Å². The molecule has 0 aliphatic carbocycles. The van der Waals surface area contributed by atoms with E-state index in [0.717, 1.165) is 64.2 Å². The third kappa shape index (κ3) is 9.76. The lowest BCUT2D eigenvalue weighted by Gasteiger charge is -2.43. The van der Waals surface area contributed by atoms with Crippen LogP contribution in [0.25, 0.3) is 17.0 Å². The molecule has 2 N–H and O–H groups in total. The summed E-state index contributed by atoms with van der Waals surface area (Å²) in [5.74, 6) is 0.630. The number of hydrogen-bond donors (Lipinski definition) is 2. The van der Waals surface area contributed by atoms with E-state index in [-0.39, 0.29) is 17.1 Å². The Kier molecular flexibility index (Phi) is 14.5. The molecule has 0 unspecified atom stereocenters. The summed E-state index contributed by atoms with van der Waals surface area (Å²) in [7, 11) is -2.78. The fourth-order valence-electron chi connectivity index (χ4n) is 7.97. The monoisotopic (exact) mass is 848 g/mol. The van der Waals surface area contributed by atoms with Crippen molar-refractivity contribution in [2.24, 2.45) is 0 Å². The molecule has 3 atom stereocenters. The molecule has 0 bridgehead atoms. The van der Waals surface area contributed by atoms with Crippen molar-refractivity contribution in [1.29, 1.82) is 0 Å². The second-order valence-electron chi connectivity index (χ2n) is 15.9. The van der Waals surface area contributed by atoms with Crippen LogP contribution in [-0.4, -0.2) is 47.1 Å². The molecule has 5 aromatic rings. The average molecular weight is 850 g/mol. The van der Waals surface area contributed by atoms with E-state index in [1.807, 2.05) is 12.1 Å². The number of pyridine rings is 1. The molecule has 9 heteroatoms. The van der Waals surface area contributed by atoms with Gasteiger partial charge in [-0.15, -0.1) is 4.31 Å². The topological polar surface area (TPSA) is 72.5 Å². The number of nitrogens with one attached hydrogen (secondary N) is 2. The summed E-state index contributed by atoms with van der Waals surface area (Å²) >= 11 is 2.55. The summed E-state index contributed by atoms with van der Waals surface area (Å²) in [6, 6.07) is 42.5. The molecule has 1 aromatic heterocycles. The van der Waals surface area contributed by atoms with E-state index in [4.69, 9.17) is 9.41 Å². The Morgan fingerprint density at radius 3 is 2.21 bits per heavy atom. The van der Waals surface area contributed by atoms with Crippen molar-refractivity contribution in [2.75, 3.05) is 18.9 Å². The van der Waals surface area contributed by atoms with Crippen LogP contribution in [0.15, 0.2) is 132 Å². The molecule has 0 radical (unpaired) electrons. The summed E-state index contributed by atoms with van der Waals surface area (Å²) in [5.41, 5.74) is 7.03. The number of benzene rings is 4. The number of nitrogens with zero attached hydrogens (tertiary/aromatic N) is 2. The lowest BCUT2D eigenvalue weighted by molar-refractivity contribution is 0.241. The van der Waals surface area contributed by atoms with Gasteiger partial charge in [0.05, 0.1) is 29.7 Å². The van der Waals surface area contributed by atoms with Crippen LogP contribution >= 0.6 is 15.9 Å². The largest absolute Gasteiger partial charge is 0.598 e. The molecule has 2 heterocycles. The zero-order valence-electron chi connectivity index (χ0n) is 33.6. The fraction of sp³-hybridized carbons (Fsp3) is 0.340. The highest BCUT2D eigenvalue weighted by Gasteiger charge is 2.50. The van der Waals surface area contributed by atoms with Crippen LogP contribution in [0.2, 0.25) is 5.04 Å². The smallest absolute Gasteiger partial charge is 0.261 e. The summed E-state index contributed by atoms with van der Waals surface area (Å²) in [5, 5.41) is 9.54. The Morgan fingerprint density at radius 1 is 0.964 bits per heavy atom. The van der Waals surface area contributed by atoms with Gasteiger partial charge >= 0.3 is 0 Å². The van der Waals surface area contributed by atoms with Gasteiger partial charge in [0.25, 0.3) is 8.32 Å². The van der Waals surface area contributed by atoms with E-state index in [1.165, 1.54) is 15.9 Å². The first-order valence-electron chi connectivity index (χ1n) is 19.9. The minimum absolute atomic E-state index is 0.125. The van der Waals surface area contributed by atoms with Gasteiger partial charge in [0, 0.05) is 52.7 Å². The number of unbranched alkanes of at least 4 members (excludes halogenated alkanes) is 1. The lowest BCUT2D eigenvalue weighted by Crippen LogP contribution is -2.66. The SMILES string of the molecule is C=C(N[C@H](C)CNCc1ccccc1)c1cc2c(c(-c3cccc(Br)c3)n1)[C@@H](CCO[Si](c1ccccc1)(c1ccccc1)C(C)(C)C)N([S@+]([O-])CCCC)C2. The first-order valence-corrected chi connectivity index (χ1v) is 23.9. The van der Waals surface area contributed by atoms with E-state index in [0.29, 0.717) is 25.3 Å². The molecule has 1 aliphatic rings. The normalized spacial score (nSPS) is 15.7. The minimum Gasteiger partial charge on any atom is -0.598 e. The van der Waals surface area contributed by atoms with Crippen molar-refractivity contribution in [1.82, 2.24) is 19.9 Å². The fourth-order valence-corrected chi connectivity index (χ4v) is 14.5. The van der Waals surface area contributed by atoms with Crippen LogP contribution in [0.3, 0.4) is 0 Å². The summed E-state index contributed by atoms with van der Waals surface area (Å²) in [6.07, 6.45) is 2.58. The first-order chi connectivity index (χ1) is 27.0. The van der Waals surface area contributed by atoms with Gasteiger partial charge in [0.2, 0.25) is 0 Å². The standard InChI is InChI=1S/C47H57BrN4O2SSi/c1-7-8-29-55(53)52-34-39-31-43(36(3)50-35(2)32-49-33-37-19-12-9-13-20-37)51-46(38-21-18-22-40(48)30-38)45(39)44(52)27-28-54-56(47(4,5)6,41-23-14-10-15-24-41)42-25-16-11-17-26-42/h9-26,30-31,35,44,49-50H,3,7-8,27-29,32-34H2,1-2,4-6H3/t35-,44-,55-/m1/s1. The molecule has 0 fully saturated rings. The Morgan fingerprint density at radius 2 is 1.61 bits per heavy atom. The highest BCUT2D eigenvalue weighted by Crippen LogP contribution is 2.45. The number of halogens is 1. The van der Waals surface area contributed by atoms with Crippen molar-refractivity contribution < 1.29 is 8.98 Å². The van der Waals surface area contributed by atoms with Gasteiger partial charge in [-0.05, 0) is 64.5 Å². The van der Waals surface area contributed by atoms with Gasteiger partial charge < -0.3 is 19.6 Å². The average Bonchev–Trinajstić information content (AvgIpc) is 3.57. The van der Waals surface area contributed by atoms with Crippen molar-refractivity contribution in [3.63, 3.8) is 0 Å². The van der Waals surface area contributed by atoms with Crippen molar-refractivity contribution in [3.8, 4) is 11.3 Å². The number of hydrogen-bond acceptors (Lipinski definition) is 6. The van der Waals surface area contributed by atoms with E-state index in [1.54, 1.807) is 0 Å².